The van der Waals surface area contributed by atoms with Gasteiger partial charge in [0.1, 0.15) is 5.38 Å². The predicted molar refractivity (Wildman–Crippen MR) is 56.4 cm³/mol. The van der Waals surface area contributed by atoms with Gasteiger partial charge in [0.25, 0.3) is 0 Å². The van der Waals surface area contributed by atoms with E-state index in [1.165, 1.54) is 6.92 Å². The van der Waals surface area contributed by atoms with Crippen molar-refractivity contribution in [2.24, 2.45) is 0 Å². The van der Waals surface area contributed by atoms with E-state index >= 15 is 0 Å². The number of halogens is 1. The molecule has 1 rings (SSSR count). The van der Waals surface area contributed by atoms with Gasteiger partial charge in [-0.15, -0.1) is 11.6 Å². The number of hydrogen-bond donors (Lipinski definition) is 1. The number of ketones is 1. The molecule has 0 saturated heterocycles. The van der Waals surface area contributed by atoms with Crippen LogP contribution in [0, 0.1) is 6.92 Å². The van der Waals surface area contributed by atoms with Gasteiger partial charge in [-0.1, -0.05) is 23.8 Å². The Bertz CT molecular complexity index is 347. The van der Waals surface area contributed by atoms with Gasteiger partial charge in [0.2, 0.25) is 0 Å². The van der Waals surface area contributed by atoms with Crippen LogP contribution in [0.4, 0.5) is 0 Å². The van der Waals surface area contributed by atoms with Crippen molar-refractivity contribution >= 4 is 17.4 Å². The lowest BCUT2D eigenvalue weighted by Crippen LogP contribution is -2.05. The number of benzene rings is 1. The molecule has 2 nitrogen and oxygen atoms in total. The molecule has 0 aliphatic carbocycles. The van der Waals surface area contributed by atoms with E-state index in [4.69, 9.17) is 16.7 Å². The molecule has 0 aliphatic heterocycles. The average Bonchev–Trinajstić information content (AvgIpc) is 2.16. The zero-order valence-corrected chi connectivity index (χ0v) is 9.01. The summed E-state index contributed by atoms with van der Waals surface area (Å²) < 4.78 is 0. The third-order valence-electron chi connectivity index (χ3n) is 2.10. The molecule has 0 spiro atoms. The van der Waals surface area contributed by atoms with E-state index < -0.39 is 5.38 Å². The molecule has 1 aromatic rings. The Morgan fingerprint density at radius 2 is 2.21 bits per heavy atom. The van der Waals surface area contributed by atoms with Crippen LogP contribution in [-0.2, 0) is 11.4 Å². The summed E-state index contributed by atoms with van der Waals surface area (Å²) in [5.74, 6) is -0.106. The van der Waals surface area contributed by atoms with Crippen LogP contribution >= 0.6 is 11.6 Å². The number of hydrogen-bond acceptors (Lipinski definition) is 2. The third kappa shape index (κ3) is 2.34. The highest BCUT2D eigenvalue weighted by Crippen LogP contribution is 2.25. The summed E-state index contributed by atoms with van der Waals surface area (Å²) in [5, 5.41) is 8.45. The molecule has 1 N–H and O–H groups in total. The van der Waals surface area contributed by atoms with Crippen LogP contribution in [0.1, 0.15) is 29.0 Å². The minimum atomic E-state index is -0.655. The van der Waals surface area contributed by atoms with Gasteiger partial charge in [0, 0.05) is 0 Å². The second kappa shape index (κ2) is 4.58. The minimum Gasteiger partial charge on any atom is -0.392 e. The average molecular weight is 213 g/mol. The molecule has 1 atom stereocenters. The zero-order chi connectivity index (χ0) is 10.7. The van der Waals surface area contributed by atoms with Gasteiger partial charge in [-0.2, -0.15) is 0 Å². The summed E-state index contributed by atoms with van der Waals surface area (Å²) in [6, 6.07) is 5.51. The standard InChI is InChI=1S/C11H13ClO2/c1-7-3-4-10(9(5-7)6-13)11(12)8(2)14/h3-5,11,13H,6H2,1-2H3. The van der Waals surface area contributed by atoms with Crippen molar-refractivity contribution in [3.8, 4) is 0 Å². The summed E-state index contributed by atoms with van der Waals surface area (Å²) in [5.41, 5.74) is 2.47. The Morgan fingerprint density at radius 3 is 2.71 bits per heavy atom. The van der Waals surface area contributed by atoms with Crippen molar-refractivity contribution in [2.75, 3.05) is 0 Å². The van der Waals surface area contributed by atoms with Crippen LogP contribution in [0.5, 0.6) is 0 Å². The number of aliphatic hydroxyl groups is 1. The number of aliphatic hydroxyl groups excluding tert-OH is 1. The fourth-order valence-corrected chi connectivity index (χ4v) is 1.55. The highest BCUT2D eigenvalue weighted by Gasteiger charge is 2.16. The van der Waals surface area contributed by atoms with Gasteiger partial charge in [-0.3, -0.25) is 4.79 Å². The monoisotopic (exact) mass is 212 g/mol. The molecular formula is C11H13ClO2. The van der Waals surface area contributed by atoms with Gasteiger partial charge < -0.3 is 5.11 Å². The van der Waals surface area contributed by atoms with E-state index in [0.29, 0.717) is 5.56 Å². The van der Waals surface area contributed by atoms with E-state index in [0.717, 1.165) is 11.1 Å². The summed E-state index contributed by atoms with van der Waals surface area (Å²) in [6.45, 7) is 3.28. The lowest BCUT2D eigenvalue weighted by Gasteiger charge is -2.11. The van der Waals surface area contributed by atoms with Crippen LogP contribution < -0.4 is 0 Å². The highest BCUT2D eigenvalue weighted by molar-refractivity contribution is 6.30. The maximum Gasteiger partial charge on any atom is 0.152 e. The Labute approximate surface area is 88.5 Å². The third-order valence-corrected chi connectivity index (χ3v) is 2.64. The molecule has 76 valence electrons. The van der Waals surface area contributed by atoms with Gasteiger partial charge >= 0.3 is 0 Å². The molecule has 0 heterocycles. The quantitative estimate of drug-likeness (QED) is 0.781. The van der Waals surface area contributed by atoms with Crippen LogP contribution in [-0.4, -0.2) is 10.9 Å². The molecule has 0 bridgehead atoms. The van der Waals surface area contributed by atoms with Gasteiger partial charge in [0.15, 0.2) is 5.78 Å². The van der Waals surface area contributed by atoms with Crippen molar-refractivity contribution in [3.63, 3.8) is 0 Å². The van der Waals surface area contributed by atoms with Crippen LogP contribution in [0.2, 0.25) is 0 Å². The van der Waals surface area contributed by atoms with Crippen molar-refractivity contribution < 1.29 is 9.90 Å². The summed E-state index contributed by atoms with van der Waals surface area (Å²) >= 11 is 5.92. The normalized spacial score (nSPS) is 12.6. The Kier molecular flexibility index (Phi) is 3.67. The number of alkyl halides is 1. The summed E-state index contributed by atoms with van der Waals surface area (Å²) in [4.78, 5) is 11.1. The Balaban J connectivity index is 3.13. The van der Waals surface area contributed by atoms with Crippen molar-refractivity contribution in [1.29, 1.82) is 0 Å². The maximum absolute atomic E-state index is 11.1. The minimum absolute atomic E-state index is 0.0898. The van der Waals surface area contributed by atoms with E-state index in [-0.39, 0.29) is 12.4 Å². The lowest BCUT2D eigenvalue weighted by atomic mass is 10.0. The first-order valence-corrected chi connectivity index (χ1v) is 4.84. The number of aryl methyl sites for hydroxylation is 1. The van der Waals surface area contributed by atoms with Gasteiger partial charge in [0.05, 0.1) is 6.61 Å². The first kappa shape index (κ1) is 11.2. The van der Waals surface area contributed by atoms with Crippen molar-refractivity contribution in [3.05, 3.63) is 34.9 Å². The molecule has 0 aliphatic rings. The van der Waals surface area contributed by atoms with E-state index in [1.54, 1.807) is 6.07 Å². The topological polar surface area (TPSA) is 37.3 Å². The SMILES string of the molecule is CC(=O)C(Cl)c1ccc(C)cc1CO. The second-order valence-electron chi connectivity index (χ2n) is 3.33. The molecule has 0 fully saturated rings. The predicted octanol–water partition coefficient (Wildman–Crippen LogP) is 2.36. The molecule has 0 radical (unpaired) electrons. The molecule has 1 aromatic carbocycles. The first-order chi connectivity index (χ1) is 6.56. The summed E-state index contributed by atoms with van der Waals surface area (Å²) in [7, 11) is 0. The van der Waals surface area contributed by atoms with Gasteiger partial charge in [-0.05, 0) is 25.0 Å². The largest absolute Gasteiger partial charge is 0.392 e. The van der Waals surface area contributed by atoms with Crippen molar-refractivity contribution in [1.82, 2.24) is 0 Å². The molecule has 0 aromatic heterocycles. The van der Waals surface area contributed by atoms with Gasteiger partial charge in [-0.25, -0.2) is 0 Å². The maximum atomic E-state index is 11.1. The smallest absolute Gasteiger partial charge is 0.152 e. The molecule has 3 heteroatoms. The van der Waals surface area contributed by atoms with E-state index in [9.17, 15) is 4.79 Å². The lowest BCUT2D eigenvalue weighted by molar-refractivity contribution is -0.116. The Morgan fingerprint density at radius 1 is 1.57 bits per heavy atom. The summed E-state index contributed by atoms with van der Waals surface area (Å²) in [6.07, 6.45) is 0. The van der Waals surface area contributed by atoms with E-state index in [2.05, 4.69) is 0 Å². The molecule has 1 unspecified atom stereocenters. The number of carbonyl (C=O) groups is 1. The van der Waals surface area contributed by atoms with Crippen LogP contribution in [0.25, 0.3) is 0 Å². The highest BCUT2D eigenvalue weighted by atomic mass is 35.5. The molecular weight excluding hydrogens is 200 g/mol. The Hall–Kier alpha value is -0.860. The van der Waals surface area contributed by atoms with Crippen molar-refractivity contribution in [2.45, 2.75) is 25.8 Å². The molecule has 14 heavy (non-hydrogen) atoms. The fraction of sp³-hybridized carbons (Fsp3) is 0.364. The van der Waals surface area contributed by atoms with E-state index in [1.807, 2.05) is 19.1 Å². The fourth-order valence-electron chi connectivity index (χ4n) is 1.34. The first-order valence-electron chi connectivity index (χ1n) is 4.41. The second-order valence-corrected chi connectivity index (χ2v) is 3.77. The van der Waals surface area contributed by atoms with Crippen LogP contribution in [0.15, 0.2) is 18.2 Å². The number of rotatable bonds is 3. The van der Waals surface area contributed by atoms with Crippen LogP contribution in [0.3, 0.4) is 0 Å². The molecule has 0 amide bonds. The number of Topliss-reactive ketones (excluding diaryl/α,β-unsaturated/α-hetero) is 1. The zero-order valence-electron chi connectivity index (χ0n) is 8.25. The number of carbonyl (C=O) groups excluding carboxylic acids is 1. The molecule has 0 saturated carbocycles.